The van der Waals surface area contributed by atoms with Gasteiger partial charge in [0.2, 0.25) is 0 Å². The van der Waals surface area contributed by atoms with Crippen LogP contribution < -0.4 is 0 Å². The first-order valence-electron chi connectivity index (χ1n) is 17.8. The van der Waals surface area contributed by atoms with Gasteiger partial charge in [-0.2, -0.15) is 8.42 Å². The molecule has 0 saturated heterocycles. The molecule has 0 radical (unpaired) electrons. The van der Waals surface area contributed by atoms with Gasteiger partial charge in [0.1, 0.15) is 37.0 Å². The number of hydrogen-bond acceptors (Lipinski definition) is 3. The molecule has 42 heavy (non-hydrogen) atoms. The largest absolute Gasteiger partial charge is 0.386 e. The van der Waals surface area contributed by atoms with Crippen LogP contribution in [0.15, 0.2) is 36.8 Å². The summed E-state index contributed by atoms with van der Waals surface area (Å²) in [6, 6.07) is 0. The van der Waals surface area contributed by atoms with E-state index >= 15 is 0 Å². The molecule has 0 rings (SSSR count). The highest BCUT2D eigenvalue weighted by molar-refractivity contribution is 7.85. The van der Waals surface area contributed by atoms with E-state index in [1.807, 2.05) is 0 Å². The van der Waals surface area contributed by atoms with Crippen LogP contribution >= 0.6 is 0 Å². The molecule has 0 aromatic heterocycles. The van der Waals surface area contributed by atoms with Gasteiger partial charge in [0, 0.05) is 0 Å². The minimum Gasteiger partial charge on any atom is -0.386 e. The molecule has 0 aromatic rings. The fourth-order valence-electron chi connectivity index (χ4n) is 5.46. The average molecular weight is 613 g/mol. The van der Waals surface area contributed by atoms with Crippen molar-refractivity contribution < 1.29 is 22.6 Å². The Labute approximate surface area is 262 Å². The number of aliphatic hydroxyl groups is 1. The summed E-state index contributed by atoms with van der Waals surface area (Å²) in [4.78, 5) is 0. The molecule has 0 fully saturated rings. The zero-order valence-corrected chi connectivity index (χ0v) is 28.8. The lowest BCUT2D eigenvalue weighted by atomic mass is 10.1. The third-order valence-corrected chi connectivity index (χ3v) is 8.81. The van der Waals surface area contributed by atoms with Crippen molar-refractivity contribution in [3.8, 4) is 0 Å². The third-order valence-electron chi connectivity index (χ3n) is 8.00. The normalized spacial score (nSPS) is 13.7. The van der Waals surface area contributed by atoms with E-state index in [0.29, 0.717) is 0 Å². The van der Waals surface area contributed by atoms with Crippen molar-refractivity contribution in [1.29, 1.82) is 0 Å². The van der Waals surface area contributed by atoms with Crippen LogP contribution in [0.4, 0.5) is 0 Å². The molecule has 0 aliphatic heterocycles. The van der Waals surface area contributed by atoms with Gasteiger partial charge >= 0.3 is 0 Å². The van der Waals surface area contributed by atoms with Crippen molar-refractivity contribution in [2.24, 2.45) is 0 Å². The van der Waals surface area contributed by atoms with Gasteiger partial charge in [0.25, 0.3) is 10.1 Å². The van der Waals surface area contributed by atoms with Gasteiger partial charge in [-0.3, -0.25) is 4.55 Å². The predicted octanol–water partition coefficient (Wildman–Crippen LogP) is 11.0. The first-order valence-corrected chi connectivity index (χ1v) is 19.4. The van der Waals surface area contributed by atoms with Crippen LogP contribution in [0.2, 0.25) is 0 Å². The first-order chi connectivity index (χ1) is 20.3. The van der Waals surface area contributed by atoms with E-state index in [2.05, 4.69) is 57.6 Å². The second-order valence-electron chi connectivity index (χ2n) is 12.5. The molecule has 0 aromatic carbocycles. The fraction of sp³-hybridized carbons (Fsp3) is 0.833. The van der Waals surface area contributed by atoms with Crippen LogP contribution in [-0.2, 0) is 10.1 Å². The molecule has 248 valence electrons. The van der Waals surface area contributed by atoms with Gasteiger partial charge in [0.15, 0.2) is 0 Å². The van der Waals surface area contributed by atoms with Gasteiger partial charge in [-0.1, -0.05) is 136 Å². The maximum Gasteiger partial charge on any atom is 0.267 e. The monoisotopic (exact) mass is 613 g/mol. The summed E-state index contributed by atoms with van der Waals surface area (Å²) in [5.74, 6) is -0.643. The van der Waals surface area contributed by atoms with E-state index in [1.54, 1.807) is 0 Å². The third kappa shape index (κ3) is 27.9. The number of allylic oxidation sites excluding steroid dienone is 3. The van der Waals surface area contributed by atoms with Crippen molar-refractivity contribution in [2.45, 2.75) is 181 Å². The van der Waals surface area contributed by atoms with Crippen LogP contribution in [0.25, 0.3) is 0 Å². The molecule has 1 unspecified atom stereocenters. The van der Waals surface area contributed by atoms with Crippen molar-refractivity contribution >= 4 is 10.1 Å². The lowest BCUT2D eigenvalue weighted by molar-refractivity contribution is -0.777. The SMILES string of the molecule is CCCCCCCCC/C=C/[N+](/C=C/CCCCCCCCC)(/C=C/CCCCCCCCC)CC(O)CS(=O)(=O)O. The molecule has 0 amide bonds. The van der Waals surface area contributed by atoms with Crippen molar-refractivity contribution in [3.63, 3.8) is 0 Å². The summed E-state index contributed by atoms with van der Waals surface area (Å²) < 4.78 is 32.7. The second-order valence-corrected chi connectivity index (χ2v) is 14.0. The molecule has 0 aliphatic rings. The van der Waals surface area contributed by atoms with Gasteiger partial charge in [0.05, 0.1) is 0 Å². The lowest BCUT2D eigenvalue weighted by Crippen LogP contribution is -2.41. The Morgan fingerprint density at radius 2 is 0.810 bits per heavy atom. The number of nitrogens with zero attached hydrogens (tertiary/aromatic N) is 1. The molecule has 0 heterocycles. The highest BCUT2D eigenvalue weighted by Crippen LogP contribution is 2.19. The van der Waals surface area contributed by atoms with Crippen LogP contribution in [0.5, 0.6) is 0 Å². The second kappa shape index (κ2) is 28.8. The molecular formula is C36H70NO4S+. The minimum atomic E-state index is -4.25. The predicted molar refractivity (Wildman–Crippen MR) is 183 cm³/mol. The highest BCUT2D eigenvalue weighted by atomic mass is 32.2. The molecule has 0 bridgehead atoms. The number of hydrogen-bond donors (Lipinski definition) is 2. The molecule has 1 atom stereocenters. The highest BCUT2D eigenvalue weighted by Gasteiger charge is 2.27. The molecule has 5 nitrogen and oxygen atoms in total. The van der Waals surface area contributed by atoms with Crippen molar-refractivity contribution in [1.82, 2.24) is 0 Å². The summed E-state index contributed by atoms with van der Waals surface area (Å²) >= 11 is 0. The van der Waals surface area contributed by atoms with Gasteiger partial charge in [-0.25, -0.2) is 4.48 Å². The van der Waals surface area contributed by atoms with E-state index in [9.17, 15) is 18.1 Å². The Morgan fingerprint density at radius 3 is 1.10 bits per heavy atom. The van der Waals surface area contributed by atoms with Crippen molar-refractivity contribution in [3.05, 3.63) is 36.8 Å². The minimum absolute atomic E-state index is 0.189. The lowest BCUT2D eigenvalue weighted by Gasteiger charge is -2.29. The van der Waals surface area contributed by atoms with Gasteiger partial charge < -0.3 is 5.11 Å². The summed E-state index contributed by atoms with van der Waals surface area (Å²) in [6.45, 7) is 6.92. The summed E-state index contributed by atoms with van der Waals surface area (Å²) in [7, 11) is -4.25. The van der Waals surface area contributed by atoms with Crippen LogP contribution in [-0.4, -0.2) is 41.0 Å². The van der Waals surface area contributed by atoms with Gasteiger partial charge in [-0.15, -0.1) is 0 Å². The Balaban J connectivity index is 5.35. The Hall–Kier alpha value is -0.950. The van der Waals surface area contributed by atoms with E-state index in [-0.39, 0.29) is 11.0 Å². The smallest absolute Gasteiger partial charge is 0.267 e. The molecule has 0 saturated carbocycles. The van der Waals surface area contributed by atoms with E-state index in [4.69, 9.17) is 0 Å². The van der Waals surface area contributed by atoms with Gasteiger partial charge in [-0.05, 0) is 56.8 Å². The number of quaternary nitrogens is 1. The van der Waals surface area contributed by atoms with E-state index in [1.165, 1.54) is 116 Å². The Morgan fingerprint density at radius 1 is 0.524 bits per heavy atom. The maximum absolute atomic E-state index is 11.5. The quantitative estimate of drug-likeness (QED) is 0.0464. The average Bonchev–Trinajstić information content (AvgIpc) is 2.93. The maximum atomic E-state index is 11.5. The van der Waals surface area contributed by atoms with Crippen LogP contribution in [0.3, 0.4) is 0 Å². The zero-order valence-electron chi connectivity index (χ0n) is 28.0. The van der Waals surface area contributed by atoms with Crippen LogP contribution in [0.1, 0.15) is 175 Å². The topological polar surface area (TPSA) is 74.6 Å². The summed E-state index contributed by atoms with van der Waals surface area (Å²) in [6.07, 6.45) is 41.3. The molecular weight excluding hydrogens is 542 g/mol. The molecule has 0 spiro atoms. The standard InChI is InChI=1S/C36H69NO4S/c1-4-7-10-13-16-19-22-25-28-31-37(34-36(38)35-42(39,40)41,32-29-26-23-20-17-14-11-8-5-2)33-30-27-24-21-18-15-12-9-6-3/h28-33,36,38H,4-27,34-35H2,1-3H3/p+1/b31-28+,32-29+,33-30+. The number of rotatable bonds is 31. The van der Waals surface area contributed by atoms with E-state index < -0.39 is 22.0 Å². The van der Waals surface area contributed by atoms with Crippen LogP contribution in [0, 0.1) is 0 Å². The molecule has 0 aliphatic carbocycles. The fourth-order valence-corrected chi connectivity index (χ4v) is 6.05. The first kappa shape index (κ1) is 41.0. The number of unbranched alkanes of at least 4 members (excludes halogenated alkanes) is 21. The molecule has 6 heteroatoms. The Kier molecular flexibility index (Phi) is 28.1. The number of aliphatic hydroxyl groups excluding tert-OH is 1. The zero-order chi connectivity index (χ0) is 31.2. The summed E-state index contributed by atoms with van der Waals surface area (Å²) in [5.41, 5.74) is 0. The van der Waals surface area contributed by atoms with Crippen molar-refractivity contribution in [2.75, 3.05) is 12.3 Å². The Bertz CT molecular complexity index is 706. The molecule has 2 N–H and O–H groups in total. The van der Waals surface area contributed by atoms with E-state index in [0.717, 1.165) is 38.5 Å². The summed E-state index contributed by atoms with van der Waals surface area (Å²) in [5, 5.41) is 10.7.